The van der Waals surface area contributed by atoms with Crippen LogP contribution in [0.1, 0.15) is 39.7 Å². The van der Waals surface area contributed by atoms with E-state index in [-0.39, 0.29) is 29.8 Å². The van der Waals surface area contributed by atoms with Crippen LogP contribution in [0, 0.1) is 11.8 Å². The van der Waals surface area contributed by atoms with Gasteiger partial charge in [-0.1, -0.05) is 33.8 Å². The number of anilines is 1. The summed E-state index contributed by atoms with van der Waals surface area (Å²) in [6.07, 6.45) is 0.849. The summed E-state index contributed by atoms with van der Waals surface area (Å²) in [7, 11) is 1.55. The molecule has 0 aliphatic heterocycles. The number of ether oxygens (including phenoxy) is 2. The van der Waals surface area contributed by atoms with Crippen LogP contribution in [0.3, 0.4) is 0 Å². The third kappa shape index (κ3) is 4.47. The van der Waals surface area contributed by atoms with Crippen molar-refractivity contribution in [2.75, 3.05) is 19.0 Å². The Kier molecular flexibility index (Phi) is 4.97. The molecular formula is C18H25NO4. The number of methoxy groups -OCH3 is 1. The minimum Gasteiger partial charge on any atom is -0.495 e. The number of hydrogen-bond donors (Lipinski definition) is 1. The van der Waals surface area contributed by atoms with Crippen molar-refractivity contribution in [2.24, 2.45) is 11.8 Å². The Morgan fingerprint density at radius 1 is 1.30 bits per heavy atom. The van der Waals surface area contributed by atoms with E-state index in [2.05, 4.69) is 26.1 Å². The molecule has 0 bridgehead atoms. The van der Waals surface area contributed by atoms with Crippen LogP contribution in [0.15, 0.2) is 18.2 Å². The van der Waals surface area contributed by atoms with Crippen LogP contribution in [-0.4, -0.2) is 25.6 Å². The highest BCUT2D eigenvalue weighted by atomic mass is 16.5. The second kappa shape index (κ2) is 6.60. The number of esters is 1. The Hall–Kier alpha value is -2.04. The van der Waals surface area contributed by atoms with Gasteiger partial charge in [0.05, 0.1) is 18.7 Å². The van der Waals surface area contributed by atoms with Crippen molar-refractivity contribution in [2.45, 2.75) is 39.5 Å². The van der Waals surface area contributed by atoms with Crippen LogP contribution < -0.4 is 10.1 Å². The molecule has 0 spiro atoms. The molecule has 0 aromatic heterocycles. The fraction of sp³-hybridized carbons (Fsp3) is 0.556. The van der Waals surface area contributed by atoms with Crippen LogP contribution in [0.2, 0.25) is 0 Å². The molecule has 0 saturated heterocycles. The van der Waals surface area contributed by atoms with E-state index >= 15 is 0 Å². The van der Waals surface area contributed by atoms with Gasteiger partial charge in [-0.25, -0.2) is 0 Å². The summed E-state index contributed by atoms with van der Waals surface area (Å²) in [6, 6.07) is 5.69. The molecule has 1 amide bonds. The van der Waals surface area contributed by atoms with Gasteiger partial charge in [0.1, 0.15) is 5.75 Å². The number of nitrogens with one attached hydrogen (secondary N) is 1. The predicted molar refractivity (Wildman–Crippen MR) is 88.6 cm³/mol. The summed E-state index contributed by atoms with van der Waals surface area (Å²) in [5, 5.41) is 2.76. The normalized spacial score (nSPS) is 19.9. The van der Waals surface area contributed by atoms with E-state index in [0.717, 1.165) is 12.0 Å². The van der Waals surface area contributed by atoms with Crippen LogP contribution in [-0.2, 0) is 19.7 Å². The van der Waals surface area contributed by atoms with Crippen molar-refractivity contribution in [3.05, 3.63) is 23.8 Å². The average Bonchev–Trinajstić information content (AvgIpc) is 3.21. The first kappa shape index (κ1) is 17.3. The molecule has 5 heteroatoms. The largest absolute Gasteiger partial charge is 0.495 e. The van der Waals surface area contributed by atoms with Crippen LogP contribution in [0.5, 0.6) is 5.75 Å². The molecule has 0 unspecified atom stereocenters. The highest BCUT2D eigenvalue weighted by Gasteiger charge is 2.40. The maximum Gasteiger partial charge on any atom is 0.309 e. The van der Waals surface area contributed by atoms with Crippen molar-refractivity contribution < 1.29 is 19.1 Å². The molecule has 1 aliphatic carbocycles. The third-order valence-electron chi connectivity index (χ3n) is 4.10. The SMILES string of the molecule is COc1ccc(C(C)(C)C)cc1NC(=O)COC(=O)[C@H]1C[C@H]1C. The molecular weight excluding hydrogens is 294 g/mol. The lowest BCUT2D eigenvalue weighted by Crippen LogP contribution is -2.22. The molecule has 5 nitrogen and oxygen atoms in total. The summed E-state index contributed by atoms with van der Waals surface area (Å²) < 4.78 is 10.3. The Morgan fingerprint density at radius 3 is 2.48 bits per heavy atom. The third-order valence-corrected chi connectivity index (χ3v) is 4.10. The number of amides is 1. The second-order valence-corrected chi connectivity index (χ2v) is 7.14. The maximum absolute atomic E-state index is 12.0. The summed E-state index contributed by atoms with van der Waals surface area (Å²) in [6.45, 7) is 8.01. The van der Waals surface area contributed by atoms with Gasteiger partial charge in [-0.3, -0.25) is 9.59 Å². The molecule has 2 rings (SSSR count). The van der Waals surface area contributed by atoms with Gasteiger partial charge in [0.25, 0.3) is 5.91 Å². The van der Waals surface area contributed by atoms with Crippen LogP contribution in [0.4, 0.5) is 5.69 Å². The van der Waals surface area contributed by atoms with Crippen molar-refractivity contribution in [3.63, 3.8) is 0 Å². The second-order valence-electron chi connectivity index (χ2n) is 7.14. The zero-order valence-corrected chi connectivity index (χ0v) is 14.4. The van der Waals surface area contributed by atoms with E-state index in [1.165, 1.54) is 0 Å². The zero-order chi connectivity index (χ0) is 17.2. The highest BCUT2D eigenvalue weighted by Crippen LogP contribution is 2.38. The number of rotatable bonds is 5. The molecule has 126 valence electrons. The maximum atomic E-state index is 12.0. The van der Waals surface area contributed by atoms with Crippen molar-refractivity contribution in [3.8, 4) is 5.75 Å². The Labute approximate surface area is 137 Å². The minimum atomic E-state index is -0.365. The molecule has 23 heavy (non-hydrogen) atoms. The van der Waals surface area contributed by atoms with E-state index in [1.54, 1.807) is 7.11 Å². The van der Waals surface area contributed by atoms with Gasteiger partial charge < -0.3 is 14.8 Å². The van der Waals surface area contributed by atoms with Crippen molar-refractivity contribution in [1.29, 1.82) is 0 Å². The Morgan fingerprint density at radius 2 is 1.96 bits per heavy atom. The molecule has 1 saturated carbocycles. The number of hydrogen-bond acceptors (Lipinski definition) is 4. The molecule has 1 aromatic rings. The summed E-state index contributed by atoms with van der Waals surface area (Å²) >= 11 is 0. The standard InChI is InChI=1S/C18H25NO4/c1-11-8-13(11)17(21)23-10-16(20)19-14-9-12(18(2,3)4)6-7-15(14)22-5/h6-7,9,11,13H,8,10H2,1-5H3,(H,19,20)/t11-,13+/m1/s1. The molecule has 0 heterocycles. The topological polar surface area (TPSA) is 64.6 Å². The summed E-state index contributed by atoms with van der Waals surface area (Å²) in [5.74, 6) is 0.253. The summed E-state index contributed by atoms with van der Waals surface area (Å²) in [5.41, 5.74) is 1.62. The summed E-state index contributed by atoms with van der Waals surface area (Å²) in [4.78, 5) is 23.7. The van der Waals surface area contributed by atoms with Gasteiger partial charge in [-0.2, -0.15) is 0 Å². The lowest BCUT2D eigenvalue weighted by atomic mass is 9.87. The van der Waals surface area contributed by atoms with E-state index in [4.69, 9.17) is 9.47 Å². The monoisotopic (exact) mass is 319 g/mol. The van der Waals surface area contributed by atoms with E-state index in [0.29, 0.717) is 17.4 Å². The average molecular weight is 319 g/mol. The zero-order valence-electron chi connectivity index (χ0n) is 14.4. The van der Waals surface area contributed by atoms with Gasteiger partial charge in [0.2, 0.25) is 0 Å². The molecule has 1 aromatic carbocycles. The Bertz CT molecular complexity index is 604. The predicted octanol–water partition coefficient (Wildman–Crippen LogP) is 3.13. The lowest BCUT2D eigenvalue weighted by Gasteiger charge is -2.21. The fourth-order valence-corrected chi connectivity index (χ4v) is 2.35. The van der Waals surface area contributed by atoms with Crippen LogP contribution in [0.25, 0.3) is 0 Å². The van der Waals surface area contributed by atoms with Gasteiger partial charge in [0, 0.05) is 0 Å². The Balaban J connectivity index is 2.00. The quantitative estimate of drug-likeness (QED) is 0.847. The lowest BCUT2D eigenvalue weighted by molar-refractivity contribution is -0.148. The molecule has 1 N–H and O–H groups in total. The molecule has 1 aliphatic rings. The number of carbonyl (C=O) groups is 2. The first-order valence-corrected chi connectivity index (χ1v) is 7.87. The van der Waals surface area contributed by atoms with Gasteiger partial charge in [0.15, 0.2) is 6.61 Å². The smallest absolute Gasteiger partial charge is 0.309 e. The van der Waals surface area contributed by atoms with E-state index < -0.39 is 0 Å². The highest BCUT2D eigenvalue weighted by molar-refractivity contribution is 5.94. The molecule has 1 fully saturated rings. The van der Waals surface area contributed by atoms with Crippen LogP contribution >= 0.6 is 0 Å². The number of benzene rings is 1. The molecule has 2 atom stereocenters. The van der Waals surface area contributed by atoms with Crippen molar-refractivity contribution in [1.82, 2.24) is 0 Å². The fourth-order valence-electron chi connectivity index (χ4n) is 2.35. The van der Waals surface area contributed by atoms with E-state index in [1.807, 2.05) is 25.1 Å². The minimum absolute atomic E-state index is 0.0402. The number of carbonyl (C=O) groups excluding carboxylic acids is 2. The molecule has 0 radical (unpaired) electrons. The first-order valence-electron chi connectivity index (χ1n) is 7.87. The van der Waals surface area contributed by atoms with Gasteiger partial charge >= 0.3 is 5.97 Å². The van der Waals surface area contributed by atoms with Crippen molar-refractivity contribution >= 4 is 17.6 Å². The van der Waals surface area contributed by atoms with Gasteiger partial charge in [-0.15, -0.1) is 0 Å². The van der Waals surface area contributed by atoms with E-state index in [9.17, 15) is 9.59 Å². The van der Waals surface area contributed by atoms with Gasteiger partial charge in [-0.05, 0) is 35.4 Å². The first-order chi connectivity index (χ1) is 10.7.